The van der Waals surface area contributed by atoms with Crippen LogP contribution in [-0.4, -0.2) is 60.9 Å². The highest BCUT2D eigenvalue weighted by atomic mass is 32.2. The van der Waals surface area contributed by atoms with Gasteiger partial charge in [0.05, 0.1) is 11.5 Å². The molecule has 1 atom stereocenters. The van der Waals surface area contributed by atoms with Gasteiger partial charge in [-0.25, -0.2) is 13.2 Å². The van der Waals surface area contributed by atoms with Crippen LogP contribution in [0.25, 0.3) is 0 Å². The Bertz CT molecular complexity index is 437. The van der Waals surface area contributed by atoms with Crippen molar-refractivity contribution in [3.63, 3.8) is 0 Å². The monoisotopic (exact) mass is 326 g/mol. The molecule has 0 aliphatic carbocycles. The van der Waals surface area contributed by atoms with E-state index < -0.39 is 27.8 Å². The van der Waals surface area contributed by atoms with Crippen LogP contribution in [0, 0.1) is 0 Å². The van der Waals surface area contributed by atoms with Gasteiger partial charge >= 0.3 is 5.97 Å². The molecule has 0 rings (SSSR count). The quantitative estimate of drug-likeness (QED) is 0.295. The van der Waals surface area contributed by atoms with Gasteiger partial charge in [-0.05, 0) is 12.2 Å². The van der Waals surface area contributed by atoms with Crippen LogP contribution in [0.3, 0.4) is 0 Å². The fraction of sp³-hybridized carbons (Fsp3) is 0.700. The lowest BCUT2D eigenvalue weighted by Crippen LogP contribution is -2.36. The van der Waals surface area contributed by atoms with Gasteiger partial charge in [-0.15, -0.1) is 0 Å². The number of hydrogen-bond donors (Lipinski definition) is 3. The molecule has 0 heterocycles. The Morgan fingerprint density at radius 3 is 2.45 bits per heavy atom. The molecule has 0 fully saturated rings. The standard InChI is InChI=1S/C10H18N2O6S2/c11-9(14)2-5-20(17,18)6-4-19-3-1-8(10(15)16)12-7-13/h7-8H,1-6H2,(H2,11,14)(H,12,13)(H,15,16). The van der Waals surface area contributed by atoms with Gasteiger partial charge in [-0.1, -0.05) is 0 Å². The first-order chi connectivity index (χ1) is 9.28. The van der Waals surface area contributed by atoms with E-state index in [-0.39, 0.29) is 24.3 Å². The maximum atomic E-state index is 11.5. The number of hydrogen-bond acceptors (Lipinski definition) is 6. The lowest BCUT2D eigenvalue weighted by Gasteiger charge is -2.10. The van der Waals surface area contributed by atoms with E-state index >= 15 is 0 Å². The smallest absolute Gasteiger partial charge is 0.326 e. The van der Waals surface area contributed by atoms with Crippen LogP contribution >= 0.6 is 11.8 Å². The topological polar surface area (TPSA) is 144 Å². The van der Waals surface area contributed by atoms with E-state index in [0.717, 1.165) is 0 Å². The molecule has 0 saturated carbocycles. The molecular formula is C10H18N2O6S2. The van der Waals surface area contributed by atoms with E-state index in [1.807, 2.05) is 0 Å². The number of carboxylic acid groups (broad SMARTS) is 1. The van der Waals surface area contributed by atoms with Crippen molar-refractivity contribution >= 4 is 39.9 Å². The van der Waals surface area contributed by atoms with Crippen molar-refractivity contribution in [1.82, 2.24) is 5.32 Å². The van der Waals surface area contributed by atoms with Gasteiger partial charge in [0.25, 0.3) is 0 Å². The summed E-state index contributed by atoms with van der Waals surface area (Å²) in [4.78, 5) is 31.3. The van der Waals surface area contributed by atoms with E-state index in [1.165, 1.54) is 11.8 Å². The maximum absolute atomic E-state index is 11.5. The molecule has 0 aliphatic rings. The number of carboxylic acids is 1. The molecule has 0 aromatic rings. The van der Waals surface area contributed by atoms with Crippen LogP contribution in [-0.2, 0) is 24.2 Å². The number of nitrogens with one attached hydrogen (secondary N) is 1. The summed E-state index contributed by atoms with van der Waals surface area (Å²) in [6, 6.07) is -0.966. The Morgan fingerprint density at radius 2 is 1.95 bits per heavy atom. The second kappa shape index (κ2) is 9.59. The van der Waals surface area contributed by atoms with Gasteiger partial charge in [0, 0.05) is 12.2 Å². The maximum Gasteiger partial charge on any atom is 0.326 e. The summed E-state index contributed by atoms with van der Waals surface area (Å²) in [6.07, 6.45) is 0.329. The summed E-state index contributed by atoms with van der Waals surface area (Å²) < 4.78 is 22.9. The van der Waals surface area contributed by atoms with Crippen molar-refractivity contribution in [1.29, 1.82) is 0 Å². The Balaban J connectivity index is 3.87. The molecule has 2 amide bonds. The largest absolute Gasteiger partial charge is 0.480 e. The number of nitrogens with two attached hydrogens (primary N) is 1. The predicted octanol–water partition coefficient (Wildman–Crippen LogP) is -1.40. The molecule has 8 nitrogen and oxygen atoms in total. The van der Waals surface area contributed by atoms with Gasteiger partial charge in [0.1, 0.15) is 6.04 Å². The summed E-state index contributed by atoms with van der Waals surface area (Å²) in [5.74, 6) is -1.45. The molecule has 0 spiro atoms. The molecule has 0 radical (unpaired) electrons. The van der Waals surface area contributed by atoms with Gasteiger partial charge in [-0.2, -0.15) is 11.8 Å². The molecule has 4 N–H and O–H groups in total. The van der Waals surface area contributed by atoms with Crippen LogP contribution in [0.1, 0.15) is 12.8 Å². The fourth-order valence-electron chi connectivity index (χ4n) is 1.21. The Morgan fingerprint density at radius 1 is 1.30 bits per heavy atom. The number of aliphatic carboxylic acids is 1. The molecule has 116 valence electrons. The minimum atomic E-state index is -3.31. The number of rotatable bonds is 12. The van der Waals surface area contributed by atoms with Crippen LogP contribution in [0.4, 0.5) is 0 Å². The lowest BCUT2D eigenvalue weighted by atomic mass is 10.2. The van der Waals surface area contributed by atoms with Crippen molar-refractivity contribution in [3.05, 3.63) is 0 Å². The fourth-order valence-corrected chi connectivity index (χ4v) is 4.02. The summed E-state index contributed by atoms with van der Waals surface area (Å²) in [7, 11) is -3.31. The first-order valence-corrected chi connectivity index (χ1v) is 8.75. The molecule has 0 aromatic heterocycles. The van der Waals surface area contributed by atoms with Crippen molar-refractivity contribution in [2.75, 3.05) is 23.0 Å². The molecular weight excluding hydrogens is 308 g/mol. The predicted molar refractivity (Wildman–Crippen MR) is 75.0 cm³/mol. The van der Waals surface area contributed by atoms with Gasteiger partial charge in [0.15, 0.2) is 9.84 Å². The molecule has 20 heavy (non-hydrogen) atoms. The summed E-state index contributed by atoms with van der Waals surface area (Å²) in [6.45, 7) is 0. The van der Waals surface area contributed by atoms with Crippen molar-refractivity contribution < 1.29 is 27.9 Å². The van der Waals surface area contributed by atoms with E-state index in [4.69, 9.17) is 10.8 Å². The number of carbonyl (C=O) groups excluding carboxylic acids is 2. The number of carbonyl (C=O) groups is 3. The molecule has 1 unspecified atom stereocenters. The number of amides is 2. The van der Waals surface area contributed by atoms with Crippen molar-refractivity contribution in [2.45, 2.75) is 18.9 Å². The van der Waals surface area contributed by atoms with Crippen LogP contribution in [0.2, 0.25) is 0 Å². The normalized spacial score (nSPS) is 12.6. The zero-order valence-electron chi connectivity index (χ0n) is 10.8. The number of thioether (sulfide) groups is 1. The van der Waals surface area contributed by atoms with Crippen LogP contribution < -0.4 is 11.1 Å². The zero-order valence-corrected chi connectivity index (χ0v) is 12.4. The van der Waals surface area contributed by atoms with Crippen LogP contribution in [0.15, 0.2) is 0 Å². The number of primary amides is 1. The average Bonchev–Trinajstić information content (AvgIpc) is 2.34. The third kappa shape index (κ3) is 9.62. The highest BCUT2D eigenvalue weighted by Crippen LogP contribution is 2.07. The molecule has 10 heteroatoms. The summed E-state index contributed by atoms with van der Waals surface area (Å²) >= 11 is 1.27. The Labute approximate surface area is 121 Å². The van der Waals surface area contributed by atoms with Gasteiger partial charge in [0.2, 0.25) is 12.3 Å². The van der Waals surface area contributed by atoms with Crippen molar-refractivity contribution in [2.24, 2.45) is 5.73 Å². The first-order valence-electron chi connectivity index (χ1n) is 5.77. The molecule has 0 aliphatic heterocycles. The average molecular weight is 326 g/mol. The van der Waals surface area contributed by atoms with E-state index in [0.29, 0.717) is 17.9 Å². The highest BCUT2D eigenvalue weighted by molar-refractivity contribution is 8.00. The van der Waals surface area contributed by atoms with Gasteiger partial charge < -0.3 is 16.2 Å². The second-order valence-electron chi connectivity index (χ2n) is 3.94. The third-order valence-electron chi connectivity index (χ3n) is 2.32. The molecule has 0 saturated heterocycles. The van der Waals surface area contributed by atoms with Crippen LogP contribution in [0.5, 0.6) is 0 Å². The minimum absolute atomic E-state index is 0.0935. The first kappa shape index (κ1) is 18.7. The Kier molecular flexibility index (Phi) is 8.97. The molecule has 0 aromatic carbocycles. The zero-order chi connectivity index (χ0) is 15.6. The molecule has 0 bridgehead atoms. The third-order valence-corrected chi connectivity index (χ3v) is 5.24. The second-order valence-corrected chi connectivity index (χ2v) is 7.47. The minimum Gasteiger partial charge on any atom is -0.480 e. The summed E-state index contributed by atoms with van der Waals surface area (Å²) in [5, 5.41) is 10.9. The van der Waals surface area contributed by atoms with Crippen molar-refractivity contribution in [3.8, 4) is 0 Å². The van der Waals surface area contributed by atoms with E-state index in [9.17, 15) is 22.8 Å². The Hall–Kier alpha value is -1.29. The summed E-state index contributed by atoms with van der Waals surface area (Å²) in [5.41, 5.74) is 4.87. The van der Waals surface area contributed by atoms with Gasteiger partial charge in [-0.3, -0.25) is 9.59 Å². The lowest BCUT2D eigenvalue weighted by molar-refractivity contribution is -0.140. The van der Waals surface area contributed by atoms with E-state index in [2.05, 4.69) is 5.32 Å². The highest BCUT2D eigenvalue weighted by Gasteiger charge is 2.16. The van der Waals surface area contributed by atoms with E-state index in [1.54, 1.807) is 0 Å². The number of sulfone groups is 1. The SMILES string of the molecule is NC(=O)CCS(=O)(=O)CCSCCC(NC=O)C(=O)O.